The minimum absolute atomic E-state index is 0.161. The Hall–Kier alpha value is -3.26. The van der Waals surface area contributed by atoms with E-state index in [2.05, 4.69) is 24.9 Å². The van der Waals surface area contributed by atoms with Gasteiger partial charge < -0.3 is 9.88 Å². The molecule has 1 fully saturated rings. The first-order valence-corrected chi connectivity index (χ1v) is 10.3. The summed E-state index contributed by atoms with van der Waals surface area (Å²) in [6.07, 6.45) is 3.67. The number of ketones is 1. The number of para-hydroxylation sites is 1. The molecule has 1 unspecified atom stereocenters. The number of hydrogen-bond acceptors (Lipinski definition) is 6. The zero-order chi connectivity index (χ0) is 20.8. The lowest BCUT2D eigenvalue weighted by atomic mass is 10.0. The normalized spacial score (nSPS) is 16.4. The monoisotopic (exact) mass is 403 g/mol. The number of benzene rings is 1. The van der Waals surface area contributed by atoms with Crippen LogP contribution in [-0.4, -0.2) is 67.6 Å². The summed E-state index contributed by atoms with van der Waals surface area (Å²) in [5, 5.41) is 6.30. The highest BCUT2D eigenvalue weighted by Gasteiger charge is 2.29. The van der Waals surface area contributed by atoms with Crippen LogP contribution in [0.25, 0.3) is 21.9 Å². The third-order valence-electron chi connectivity index (χ3n) is 6.08. The van der Waals surface area contributed by atoms with Crippen LogP contribution in [0.2, 0.25) is 0 Å². The summed E-state index contributed by atoms with van der Waals surface area (Å²) in [6.45, 7) is 7.15. The zero-order valence-electron chi connectivity index (χ0n) is 17.5. The molecule has 1 atom stereocenters. The molecule has 1 saturated heterocycles. The molecule has 1 N–H and O–H groups in total. The molecule has 3 aromatic heterocycles. The number of nitrogens with one attached hydrogen (secondary N) is 1. The molecule has 0 aliphatic carbocycles. The Bertz CT molecular complexity index is 1230. The van der Waals surface area contributed by atoms with Crippen molar-refractivity contribution in [2.24, 2.45) is 7.05 Å². The number of rotatable bonds is 4. The number of aromatic amines is 1. The topological polar surface area (TPSA) is 82.9 Å². The van der Waals surface area contributed by atoms with Crippen molar-refractivity contribution in [3.63, 3.8) is 0 Å². The molecule has 0 saturated carbocycles. The summed E-state index contributed by atoms with van der Waals surface area (Å²) in [5.74, 6) is 1.83. The van der Waals surface area contributed by atoms with Gasteiger partial charge in [0.2, 0.25) is 0 Å². The van der Waals surface area contributed by atoms with Crippen molar-refractivity contribution >= 4 is 33.5 Å². The van der Waals surface area contributed by atoms with E-state index in [0.29, 0.717) is 0 Å². The number of aryl methyl sites for hydroxylation is 2. The summed E-state index contributed by atoms with van der Waals surface area (Å²) in [4.78, 5) is 30.1. The van der Waals surface area contributed by atoms with E-state index >= 15 is 0 Å². The zero-order valence-corrected chi connectivity index (χ0v) is 17.5. The van der Waals surface area contributed by atoms with Gasteiger partial charge in [0, 0.05) is 55.9 Å². The van der Waals surface area contributed by atoms with E-state index in [1.807, 2.05) is 57.6 Å². The van der Waals surface area contributed by atoms with Crippen LogP contribution in [0.15, 0.2) is 36.7 Å². The Balaban J connectivity index is 1.33. The molecule has 4 heterocycles. The Kier molecular flexibility index (Phi) is 4.51. The fourth-order valence-electron chi connectivity index (χ4n) is 4.34. The Morgan fingerprint density at radius 1 is 1.10 bits per heavy atom. The van der Waals surface area contributed by atoms with Gasteiger partial charge in [0.15, 0.2) is 11.4 Å². The second-order valence-corrected chi connectivity index (χ2v) is 7.91. The van der Waals surface area contributed by atoms with Crippen LogP contribution in [0.5, 0.6) is 0 Å². The molecule has 1 aromatic carbocycles. The molecule has 154 valence electrons. The molecule has 0 bridgehead atoms. The average Bonchev–Trinajstić information content (AvgIpc) is 3.36. The van der Waals surface area contributed by atoms with Crippen LogP contribution >= 0.6 is 0 Å². The van der Waals surface area contributed by atoms with Crippen LogP contribution in [0.4, 0.5) is 5.82 Å². The Labute approximate surface area is 174 Å². The molecule has 5 rings (SSSR count). The van der Waals surface area contributed by atoms with Crippen LogP contribution in [0.1, 0.15) is 23.1 Å². The van der Waals surface area contributed by atoms with E-state index in [9.17, 15) is 4.79 Å². The third kappa shape index (κ3) is 3.04. The minimum Gasteiger partial charge on any atom is -0.360 e. The smallest absolute Gasteiger partial charge is 0.181 e. The highest BCUT2D eigenvalue weighted by atomic mass is 16.1. The predicted molar refractivity (Wildman–Crippen MR) is 117 cm³/mol. The van der Waals surface area contributed by atoms with Gasteiger partial charge in [-0.05, 0) is 19.9 Å². The fraction of sp³-hybridized carbons (Fsp3) is 0.364. The summed E-state index contributed by atoms with van der Waals surface area (Å²) in [5.41, 5.74) is 2.62. The van der Waals surface area contributed by atoms with E-state index in [1.165, 1.54) is 0 Å². The number of anilines is 1. The number of carbonyl (C=O) groups excluding carboxylic acids is 1. The SMILES string of the molecule is Cc1nc(N2CCN(C(C)C(=O)c3c[nH]c4ccccc34)CC2)c2cnn(C)c2n1. The molecule has 0 amide bonds. The van der Waals surface area contributed by atoms with E-state index in [-0.39, 0.29) is 11.8 Å². The standard InChI is InChI=1S/C22H25N7O/c1-14(20(30)17-12-23-19-7-5-4-6-16(17)19)28-8-10-29(11-9-28)22-18-13-24-27(3)21(18)25-15(2)26-22/h4-7,12-14,23H,8-11H2,1-3H3. The van der Waals surface area contributed by atoms with E-state index < -0.39 is 0 Å². The number of piperazine rings is 1. The van der Waals surface area contributed by atoms with Gasteiger partial charge in [-0.15, -0.1) is 0 Å². The number of hydrogen-bond donors (Lipinski definition) is 1. The predicted octanol–water partition coefficient (Wildman–Crippen LogP) is 2.55. The van der Waals surface area contributed by atoms with Crippen molar-refractivity contribution in [1.29, 1.82) is 0 Å². The Morgan fingerprint density at radius 3 is 2.67 bits per heavy atom. The highest BCUT2D eigenvalue weighted by molar-refractivity contribution is 6.10. The van der Waals surface area contributed by atoms with E-state index in [0.717, 1.165) is 65.3 Å². The van der Waals surface area contributed by atoms with Crippen molar-refractivity contribution in [2.45, 2.75) is 19.9 Å². The number of fused-ring (bicyclic) bond motifs is 2. The summed E-state index contributed by atoms with van der Waals surface area (Å²) in [7, 11) is 1.90. The van der Waals surface area contributed by atoms with Gasteiger partial charge in [0.1, 0.15) is 11.6 Å². The van der Waals surface area contributed by atoms with Gasteiger partial charge in [-0.2, -0.15) is 5.10 Å². The second kappa shape index (κ2) is 7.21. The summed E-state index contributed by atoms with van der Waals surface area (Å²) >= 11 is 0. The quantitative estimate of drug-likeness (QED) is 0.527. The molecule has 30 heavy (non-hydrogen) atoms. The minimum atomic E-state index is -0.170. The first-order chi connectivity index (χ1) is 14.5. The third-order valence-corrected chi connectivity index (χ3v) is 6.08. The van der Waals surface area contributed by atoms with Gasteiger partial charge in [0.25, 0.3) is 0 Å². The molecule has 0 radical (unpaired) electrons. The summed E-state index contributed by atoms with van der Waals surface area (Å²) < 4.78 is 1.78. The van der Waals surface area contributed by atoms with Gasteiger partial charge in [0.05, 0.1) is 17.6 Å². The molecule has 8 nitrogen and oxygen atoms in total. The van der Waals surface area contributed by atoms with Crippen molar-refractivity contribution < 1.29 is 4.79 Å². The number of nitrogens with zero attached hydrogens (tertiary/aromatic N) is 6. The van der Waals surface area contributed by atoms with E-state index in [1.54, 1.807) is 4.68 Å². The lowest BCUT2D eigenvalue weighted by Gasteiger charge is -2.38. The molecule has 8 heteroatoms. The molecular weight excluding hydrogens is 378 g/mol. The highest BCUT2D eigenvalue weighted by Crippen LogP contribution is 2.26. The van der Waals surface area contributed by atoms with Crippen molar-refractivity contribution in [3.8, 4) is 0 Å². The van der Waals surface area contributed by atoms with Gasteiger partial charge in [-0.1, -0.05) is 18.2 Å². The number of carbonyl (C=O) groups is 1. The number of H-pyrrole nitrogens is 1. The van der Waals surface area contributed by atoms with Crippen LogP contribution in [-0.2, 0) is 7.05 Å². The Morgan fingerprint density at radius 2 is 1.87 bits per heavy atom. The van der Waals surface area contributed by atoms with E-state index in [4.69, 9.17) is 4.98 Å². The lowest BCUT2D eigenvalue weighted by molar-refractivity contribution is 0.0831. The fourth-order valence-corrected chi connectivity index (χ4v) is 4.34. The maximum Gasteiger partial charge on any atom is 0.181 e. The van der Waals surface area contributed by atoms with Crippen LogP contribution < -0.4 is 4.90 Å². The van der Waals surface area contributed by atoms with Crippen molar-refractivity contribution in [2.75, 3.05) is 31.1 Å². The largest absolute Gasteiger partial charge is 0.360 e. The van der Waals surface area contributed by atoms with Gasteiger partial charge >= 0.3 is 0 Å². The van der Waals surface area contributed by atoms with Crippen LogP contribution in [0.3, 0.4) is 0 Å². The first kappa shape index (κ1) is 18.7. The maximum atomic E-state index is 13.2. The second-order valence-electron chi connectivity index (χ2n) is 7.91. The summed E-state index contributed by atoms with van der Waals surface area (Å²) in [6, 6.07) is 7.78. The maximum absolute atomic E-state index is 13.2. The number of aromatic nitrogens is 5. The van der Waals surface area contributed by atoms with Crippen molar-refractivity contribution in [1.82, 2.24) is 29.6 Å². The molecule has 1 aliphatic rings. The molecular formula is C22H25N7O. The molecule has 1 aliphatic heterocycles. The van der Waals surface area contributed by atoms with Gasteiger partial charge in [-0.25, -0.2) is 9.97 Å². The van der Waals surface area contributed by atoms with Crippen molar-refractivity contribution in [3.05, 3.63) is 48.0 Å². The number of Topliss-reactive ketones (excluding diaryl/α,β-unsaturated/α-hetero) is 1. The average molecular weight is 403 g/mol. The molecule has 0 spiro atoms. The van der Waals surface area contributed by atoms with Gasteiger partial charge in [-0.3, -0.25) is 14.4 Å². The lowest BCUT2D eigenvalue weighted by Crippen LogP contribution is -2.52. The first-order valence-electron chi connectivity index (χ1n) is 10.3. The van der Waals surface area contributed by atoms with Crippen LogP contribution in [0, 0.1) is 6.92 Å². The molecule has 4 aromatic rings.